The fourth-order valence-corrected chi connectivity index (χ4v) is 3.74. The van der Waals surface area contributed by atoms with Crippen molar-refractivity contribution in [3.05, 3.63) is 48.4 Å². The van der Waals surface area contributed by atoms with Gasteiger partial charge in [-0.05, 0) is 31.4 Å². The zero-order valence-electron chi connectivity index (χ0n) is 17.4. The summed E-state index contributed by atoms with van der Waals surface area (Å²) in [5.74, 6) is 0.409. The van der Waals surface area contributed by atoms with Gasteiger partial charge in [0.25, 0.3) is 0 Å². The van der Waals surface area contributed by atoms with E-state index in [1.165, 1.54) is 6.20 Å². The number of aldehydes is 1. The molecule has 0 aromatic heterocycles. The quantitative estimate of drug-likeness (QED) is 0.228. The smallest absolute Gasteiger partial charge is 0.140 e. The van der Waals surface area contributed by atoms with Gasteiger partial charge < -0.3 is 9.69 Å². The highest BCUT2D eigenvalue weighted by Crippen LogP contribution is 2.25. The molecule has 27 heavy (non-hydrogen) atoms. The fourth-order valence-electron chi connectivity index (χ4n) is 2.72. The summed E-state index contributed by atoms with van der Waals surface area (Å²) in [5, 5.41) is -0.726. The number of hydrogen-bond donors (Lipinski definition) is 0. The Hall–Kier alpha value is -1.75. The first-order valence-electron chi connectivity index (χ1n) is 9.79. The summed E-state index contributed by atoms with van der Waals surface area (Å²) in [4.78, 5) is 18.3. The summed E-state index contributed by atoms with van der Waals surface area (Å²) in [7, 11) is -1.31. The molecular formula is C22H36N2O2S. The Labute approximate surface area is 168 Å². The van der Waals surface area contributed by atoms with E-state index in [0.29, 0.717) is 16.9 Å². The Bertz CT molecular complexity index is 583. The van der Waals surface area contributed by atoms with E-state index in [9.17, 15) is 9.00 Å². The average molecular weight is 393 g/mol. The Morgan fingerprint density at radius 1 is 1.19 bits per heavy atom. The summed E-state index contributed by atoms with van der Waals surface area (Å²) in [5.41, 5.74) is 2.21. The molecule has 0 rings (SSSR count). The van der Waals surface area contributed by atoms with Crippen molar-refractivity contribution in [3.8, 4) is 0 Å². The lowest BCUT2D eigenvalue weighted by atomic mass is 10.0. The Morgan fingerprint density at radius 2 is 1.78 bits per heavy atom. The molecule has 152 valence electrons. The second-order valence-electron chi connectivity index (χ2n) is 6.21. The van der Waals surface area contributed by atoms with Gasteiger partial charge in [0, 0.05) is 53.3 Å². The van der Waals surface area contributed by atoms with Crippen LogP contribution in [-0.4, -0.2) is 45.7 Å². The summed E-state index contributed by atoms with van der Waals surface area (Å²) < 4.78 is 12.6. The molecule has 0 heterocycles. The molecule has 2 atom stereocenters. The standard InChI is InChI=1S/C22H36N2O2S/c1-7-12-15-24(16-13-8-2)20(14-9-3)22(19(6)17-23-10-4)21(18-25)27(26)11-5/h9-10,14,17-18,21H,4,6-8,11-13,15-16H2,1-3,5H3/b14-9-,22-20+,23-17?. The van der Waals surface area contributed by atoms with Gasteiger partial charge in [-0.25, -0.2) is 0 Å². The molecule has 0 aliphatic heterocycles. The molecule has 0 bridgehead atoms. The van der Waals surface area contributed by atoms with Crippen molar-refractivity contribution in [2.45, 2.75) is 58.6 Å². The van der Waals surface area contributed by atoms with Crippen molar-refractivity contribution >= 4 is 23.3 Å². The Morgan fingerprint density at radius 3 is 2.19 bits per heavy atom. The van der Waals surface area contributed by atoms with Crippen LogP contribution < -0.4 is 0 Å². The summed E-state index contributed by atoms with van der Waals surface area (Å²) in [6, 6.07) is 0. The third kappa shape index (κ3) is 8.65. The highest BCUT2D eigenvalue weighted by Gasteiger charge is 2.26. The molecule has 4 nitrogen and oxygen atoms in total. The van der Waals surface area contributed by atoms with Crippen LogP contribution in [0.5, 0.6) is 0 Å². The van der Waals surface area contributed by atoms with E-state index in [2.05, 4.69) is 36.9 Å². The van der Waals surface area contributed by atoms with Crippen LogP contribution >= 0.6 is 0 Å². The zero-order valence-corrected chi connectivity index (χ0v) is 18.3. The third-order valence-corrected chi connectivity index (χ3v) is 5.64. The van der Waals surface area contributed by atoms with Crippen LogP contribution in [0.2, 0.25) is 0 Å². The predicted molar refractivity (Wildman–Crippen MR) is 120 cm³/mol. The van der Waals surface area contributed by atoms with Crippen LogP contribution in [0.15, 0.2) is 53.3 Å². The number of unbranched alkanes of at least 4 members (excludes halogenated alkanes) is 2. The highest BCUT2D eigenvalue weighted by molar-refractivity contribution is 7.86. The maximum Gasteiger partial charge on any atom is 0.140 e. The van der Waals surface area contributed by atoms with E-state index >= 15 is 0 Å². The number of rotatable bonds is 15. The molecule has 0 aliphatic rings. The van der Waals surface area contributed by atoms with Crippen LogP contribution in [0.3, 0.4) is 0 Å². The molecule has 0 fully saturated rings. The second kappa shape index (κ2) is 15.3. The van der Waals surface area contributed by atoms with Crippen molar-refractivity contribution in [2.24, 2.45) is 4.99 Å². The van der Waals surface area contributed by atoms with Crippen molar-refractivity contribution < 1.29 is 9.00 Å². The summed E-state index contributed by atoms with van der Waals surface area (Å²) >= 11 is 0. The maximum atomic E-state index is 12.6. The van der Waals surface area contributed by atoms with E-state index in [1.807, 2.05) is 26.0 Å². The van der Waals surface area contributed by atoms with Crippen LogP contribution in [-0.2, 0) is 15.6 Å². The summed E-state index contributed by atoms with van der Waals surface area (Å²) in [6.45, 7) is 17.6. The Balaban J connectivity index is 6.52. The van der Waals surface area contributed by atoms with Crippen molar-refractivity contribution in [1.82, 2.24) is 4.90 Å². The van der Waals surface area contributed by atoms with Gasteiger partial charge >= 0.3 is 0 Å². The lowest BCUT2D eigenvalue weighted by Crippen LogP contribution is -2.31. The van der Waals surface area contributed by atoms with E-state index in [4.69, 9.17) is 0 Å². The van der Waals surface area contributed by atoms with Gasteiger partial charge in [-0.15, -0.1) is 0 Å². The second-order valence-corrected chi connectivity index (χ2v) is 8.05. The number of aliphatic imine (C=N–C) groups is 1. The van der Waals surface area contributed by atoms with Gasteiger partial charge in [-0.2, -0.15) is 0 Å². The molecule has 0 aromatic rings. The minimum absolute atomic E-state index is 0.409. The monoisotopic (exact) mass is 392 g/mol. The van der Waals surface area contributed by atoms with Gasteiger partial charge in [0.15, 0.2) is 0 Å². The lowest BCUT2D eigenvalue weighted by molar-refractivity contribution is -0.107. The zero-order chi connectivity index (χ0) is 20.7. The highest BCUT2D eigenvalue weighted by atomic mass is 32.2. The molecule has 0 saturated heterocycles. The van der Waals surface area contributed by atoms with E-state index in [0.717, 1.165) is 50.8 Å². The van der Waals surface area contributed by atoms with Gasteiger partial charge in [-0.3, -0.25) is 9.20 Å². The fraction of sp³-hybridized carbons (Fsp3) is 0.545. The lowest BCUT2D eigenvalue weighted by Gasteiger charge is -2.30. The van der Waals surface area contributed by atoms with Crippen LogP contribution in [0.25, 0.3) is 0 Å². The van der Waals surface area contributed by atoms with E-state index in [1.54, 1.807) is 6.21 Å². The topological polar surface area (TPSA) is 49.7 Å². The van der Waals surface area contributed by atoms with Crippen molar-refractivity contribution in [1.29, 1.82) is 0 Å². The number of carbonyl (C=O) groups excluding carboxylic acids is 1. The Kier molecular flexibility index (Phi) is 14.3. The molecule has 0 amide bonds. The molecule has 5 heteroatoms. The normalized spacial score (nSPS) is 14.8. The minimum Gasteiger partial charge on any atom is -0.371 e. The minimum atomic E-state index is -1.31. The predicted octanol–water partition coefficient (Wildman–Crippen LogP) is 4.83. The van der Waals surface area contributed by atoms with Gasteiger partial charge in [0.2, 0.25) is 0 Å². The first-order valence-corrected chi connectivity index (χ1v) is 11.2. The number of allylic oxidation sites excluding steroid dienone is 3. The van der Waals surface area contributed by atoms with E-state index < -0.39 is 16.0 Å². The SMILES string of the molecule is C=CN=CC(=C)/C(=C(/C=C\C)N(CCCC)CCCC)C(C=O)S(=O)CC. The number of nitrogens with zero attached hydrogens (tertiary/aromatic N) is 2. The van der Waals surface area contributed by atoms with Crippen molar-refractivity contribution in [3.63, 3.8) is 0 Å². The first kappa shape index (κ1) is 25.2. The van der Waals surface area contributed by atoms with Gasteiger partial charge in [-0.1, -0.05) is 52.8 Å². The third-order valence-electron chi connectivity index (χ3n) is 4.16. The summed E-state index contributed by atoms with van der Waals surface area (Å²) in [6.07, 6.45) is 12.0. The molecule has 2 unspecified atom stereocenters. The number of hydrogen-bond acceptors (Lipinski definition) is 4. The molecule has 0 radical (unpaired) electrons. The first-order chi connectivity index (χ1) is 13.0. The largest absolute Gasteiger partial charge is 0.371 e. The molecule has 0 aromatic carbocycles. The van der Waals surface area contributed by atoms with Crippen molar-refractivity contribution in [2.75, 3.05) is 18.8 Å². The average Bonchev–Trinajstić information content (AvgIpc) is 2.68. The molecular weight excluding hydrogens is 356 g/mol. The maximum absolute atomic E-state index is 12.6. The van der Waals surface area contributed by atoms with Gasteiger partial charge in [0.1, 0.15) is 11.5 Å². The number of carbonyl (C=O) groups is 1. The van der Waals surface area contributed by atoms with Crippen LogP contribution in [0.4, 0.5) is 0 Å². The van der Waals surface area contributed by atoms with Crippen LogP contribution in [0.1, 0.15) is 53.4 Å². The van der Waals surface area contributed by atoms with Gasteiger partial charge in [0.05, 0.1) is 0 Å². The molecule has 0 spiro atoms. The van der Waals surface area contributed by atoms with Crippen LogP contribution in [0, 0.1) is 0 Å². The molecule has 0 aliphatic carbocycles. The van der Waals surface area contributed by atoms with E-state index in [-0.39, 0.29) is 0 Å². The molecule has 0 N–H and O–H groups in total. The molecule has 0 saturated carbocycles.